The molecule has 2 unspecified atom stereocenters. The van der Waals surface area contributed by atoms with Crippen LogP contribution >= 0.6 is 0 Å². The summed E-state index contributed by atoms with van der Waals surface area (Å²) in [5.41, 5.74) is 7.44. The van der Waals surface area contributed by atoms with E-state index in [-0.39, 0.29) is 12.1 Å². The predicted octanol–water partition coefficient (Wildman–Crippen LogP) is 2.84. The molecule has 0 bridgehead atoms. The van der Waals surface area contributed by atoms with Crippen LogP contribution in [-0.2, 0) is 6.42 Å². The smallest absolute Gasteiger partial charge is 0.122 e. The molecule has 2 atom stereocenters. The standard InChI is InChI=1S/C16H22N2O/c1-13(17)16(15-9-6-12-19-15)18(2)11-10-14-7-4-3-5-8-14/h3-9,12-13,16H,10-11,17H2,1-2H3. The first-order chi connectivity index (χ1) is 9.18. The average molecular weight is 258 g/mol. The minimum atomic E-state index is 0.0342. The summed E-state index contributed by atoms with van der Waals surface area (Å²) in [7, 11) is 2.10. The Morgan fingerprint density at radius 3 is 2.47 bits per heavy atom. The molecule has 0 saturated carbocycles. The van der Waals surface area contributed by atoms with Crippen molar-refractivity contribution in [3.05, 3.63) is 60.1 Å². The third kappa shape index (κ3) is 3.69. The van der Waals surface area contributed by atoms with Crippen LogP contribution < -0.4 is 5.73 Å². The van der Waals surface area contributed by atoms with Crippen LogP contribution in [0.1, 0.15) is 24.3 Å². The van der Waals surface area contributed by atoms with Gasteiger partial charge in [-0.3, -0.25) is 4.90 Å². The summed E-state index contributed by atoms with van der Waals surface area (Å²) in [6, 6.07) is 14.6. The molecule has 3 heteroatoms. The van der Waals surface area contributed by atoms with Crippen molar-refractivity contribution in [3.8, 4) is 0 Å². The quantitative estimate of drug-likeness (QED) is 0.866. The van der Waals surface area contributed by atoms with E-state index >= 15 is 0 Å². The van der Waals surface area contributed by atoms with E-state index in [2.05, 4.69) is 36.2 Å². The molecule has 1 aromatic carbocycles. The fourth-order valence-electron chi connectivity index (χ4n) is 2.43. The normalized spacial score (nSPS) is 14.5. The zero-order chi connectivity index (χ0) is 13.7. The molecule has 3 nitrogen and oxygen atoms in total. The van der Waals surface area contributed by atoms with Crippen molar-refractivity contribution >= 4 is 0 Å². The third-order valence-electron chi connectivity index (χ3n) is 3.40. The first kappa shape index (κ1) is 13.8. The van der Waals surface area contributed by atoms with Gasteiger partial charge in [0.2, 0.25) is 0 Å². The summed E-state index contributed by atoms with van der Waals surface area (Å²) in [6.07, 6.45) is 2.72. The highest BCUT2D eigenvalue weighted by molar-refractivity contribution is 5.15. The van der Waals surface area contributed by atoms with Gasteiger partial charge in [0.25, 0.3) is 0 Å². The summed E-state index contributed by atoms with van der Waals surface area (Å²) >= 11 is 0. The summed E-state index contributed by atoms with van der Waals surface area (Å²) < 4.78 is 5.51. The number of benzene rings is 1. The van der Waals surface area contributed by atoms with Gasteiger partial charge >= 0.3 is 0 Å². The lowest BCUT2D eigenvalue weighted by atomic mass is 10.1. The lowest BCUT2D eigenvalue weighted by Gasteiger charge is -2.29. The molecule has 2 aromatic rings. The molecule has 0 aliphatic heterocycles. The fraction of sp³-hybridized carbons (Fsp3) is 0.375. The van der Waals surface area contributed by atoms with Crippen LogP contribution in [0.2, 0.25) is 0 Å². The second-order valence-corrected chi connectivity index (χ2v) is 5.04. The van der Waals surface area contributed by atoms with Gasteiger partial charge in [-0.25, -0.2) is 0 Å². The van der Waals surface area contributed by atoms with Crippen LogP contribution in [-0.4, -0.2) is 24.5 Å². The number of hydrogen-bond acceptors (Lipinski definition) is 3. The van der Waals surface area contributed by atoms with Gasteiger partial charge in [0, 0.05) is 12.6 Å². The van der Waals surface area contributed by atoms with Gasteiger partial charge in [-0.15, -0.1) is 0 Å². The topological polar surface area (TPSA) is 42.4 Å². The molecule has 0 fully saturated rings. The van der Waals surface area contributed by atoms with E-state index in [1.54, 1.807) is 6.26 Å². The van der Waals surface area contributed by atoms with Crippen molar-refractivity contribution in [3.63, 3.8) is 0 Å². The first-order valence-electron chi connectivity index (χ1n) is 6.71. The van der Waals surface area contributed by atoms with Crippen LogP contribution in [0.5, 0.6) is 0 Å². The molecule has 0 aliphatic rings. The van der Waals surface area contributed by atoms with Gasteiger partial charge in [0.15, 0.2) is 0 Å². The number of rotatable bonds is 6. The zero-order valence-corrected chi connectivity index (χ0v) is 11.6. The van der Waals surface area contributed by atoms with E-state index in [0.29, 0.717) is 0 Å². The van der Waals surface area contributed by atoms with Crippen LogP contribution in [0.3, 0.4) is 0 Å². The van der Waals surface area contributed by atoms with E-state index < -0.39 is 0 Å². The van der Waals surface area contributed by atoms with Gasteiger partial charge in [-0.05, 0) is 38.1 Å². The molecular weight excluding hydrogens is 236 g/mol. The highest BCUT2D eigenvalue weighted by atomic mass is 16.3. The second kappa shape index (κ2) is 6.55. The highest BCUT2D eigenvalue weighted by Gasteiger charge is 2.23. The molecule has 0 amide bonds. The molecule has 0 spiro atoms. The van der Waals surface area contributed by atoms with Gasteiger partial charge in [0.05, 0.1) is 12.3 Å². The maximum atomic E-state index is 6.10. The molecule has 0 radical (unpaired) electrons. The first-order valence-corrected chi connectivity index (χ1v) is 6.71. The lowest BCUT2D eigenvalue weighted by Crippen LogP contribution is -2.38. The van der Waals surface area contributed by atoms with E-state index in [1.165, 1.54) is 5.56 Å². The number of hydrogen-bond donors (Lipinski definition) is 1. The number of furan rings is 1. The Morgan fingerprint density at radius 2 is 1.89 bits per heavy atom. The fourth-order valence-corrected chi connectivity index (χ4v) is 2.43. The maximum absolute atomic E-state index is 6.10. The molecule has 2 rings (SSSR count). The van der Waals surface area contributed by atoms with E-state index in [0.717, 1.165) is 18.7 Å². The van der Waals surface area contributed by atoms with Crippen LogP contribution in [0.25, 0.3) is 0 Å². The third-order valence-corrected chi connectivity index (χ3v) is 3.40. The van der Waals surface area contributed by atoms with Crippen molar-refractivity contribution in [2.24, 2.45) is 5.73 Å². The monoisotopic (exact) mass is 258 g/mol. The molecule has 19 heavy (non-hydrogen) atoms. The van der Waals surface area contributed by atoms with Crippen molar-refractivity contribution in [1.29, 1.82) is 0 Å². The predicted molar refractivity (Wildman–Crippen MR) is 77.9 cm³/mol. The minimum Gasteiger partial charge on any atom is -0.468 e. The van der Waals surface area contributed by atoms with Gasteiger partial charge in [0.1, 0.15) is 5.76 Å². The lowest BCUT2D eigenvalue weighted by molar-refractivity contribution is 0.193. The van der Waals surface area contributed by atoms with E-state index in [9.17, 15) is 0 Å². The Hall–Kier alpha value is -1.58. The van der Waals surface area contributed by atoms with Crippen molar-refractivity contribution in [1.82, 2.24) is 4.90 Å². The number of nitrogens with two attached hydrogens (primary N) is 1. The number of likely N-dealkylation sites (N-methyl/N-ethyl adjacent to an activating group) is 1. The maximum Gasteiger partial charge on any atom is 0.122 e. The molecule has 1 aromatic heterocycles. The zero-order valence-electron chi connectivity index (χ0n) is 11.6. The number of nitrogens with zero attached hydrogens (tertiary/aromatic N) is 1. The van der Waals surface area contributed by atoms with Crippen LogP contribution in [0.15, 0.2) is 53.1 Å². The van der Waals surface area contributed by atoms with Crippen LogP contribution in [0, 0.1) is 0 Å². The Balaban J connectivity index is 1.99. The Kier molecular flexibility index (Phi) is 4.77. The summed E-state index contributed by atoms with van der Waals surface area (Å²) in [4.78, 5) is 2.26. The summed E-state index contributed by atoms with van der Waals surface area (Å²) in [6.45, 7) is 2.98. The SMILES string of the molecule is CC(N)C(c1ccco1)N(C)CCc1ccccc1. The average Bonchev–Trinajstić information content (AvgIpc) is 2.91. The van der Waals surface area contributed by atoms with Gasteiger partial charge in [-0.2, -0.15) is 0 Å². The largest absolute Gasteiger partial charge is 0.468 e. The Bertz CT molecular complexity index is 465. The summed E-state index contributed by atoms with van der Waals surface area (Å²) in [5.74, 6) is 0.936. The second-order valence-electron chi connectivity index (χ2n) is 5.04. The molecular formula is C16H22N2O. The van der Waals surface area contributed by atoms with Crippen LogP contribution in [0.4, 0.5) is 0 Å². The molecule has 0 aliphatic carbocycles. The Labute approximate surface area is 115 Å². The van der Waals surface area contributed by atoms with Crippen molar-refractivity contribution in [2.75, 3.05) is 13.6 Å². The Morgan fingerprint density at radius 1 is 1.16 bits per heavy atom. The van der Waals surface area contributed by atoms with Crippen molar-refractivity contribution < 1.29 is 4.42 Å². The van der Waals surface area contributed by atoms with Gasteiger partial charge < -0.3 is 10.2 Å². The molecule has 102 valence electrons. The van der Waals surface area contributed by atoms with Gasteiger partial charge in [-0.1, -0.05) is 30.3 Å². The summed E-state index contributed by atoms with van der Waals surface area (Å²) in [5, 5.41) is 0. The molecule has 1 heterocycles. The molecule has 0 saturated heterocycles. The highest BCUT2D eigenvalue weighted by Crippen LogP contribution is 2.22. The molecule has 2 N–H and O–H groups in total. The van der Waals surface area contributed by atoms with E-state index in [4.69, 9.17) is 10.2 Å². The van der Waals surface area contributed by atoms with Crippen molar-refractivity contribution in [2.45, 2.75) is 25.4 Å². The van der Waals surface area contributed by atoms with E-state index in [1.807, 2.05) is 25.1 Å². The minimum absolute atomic E-state index is 0.0342.